The summed E-state index contributed by atoms with van der Waals surface area (Å²) in [6.45, 7) is 0. The van der Waals surface area contributed by atoms with Gasteiger partial charge in [-0.05, 0) is 6.07 Å². The van der Waals surface area contributed by atoms with Crippen molar-refractivity contribution < 1.29 is 13.2 Å². The van der Waals surface area contributed by atoms with Crippen molar-refractivity contribution in [2.45, 2.75) is 0 Å². The van der Waals surface area contributed by atoms with Crippen LogP contribution in [0.1, 0.15) is 10.5 Å². The first-order chi connectivity index (χ1) is 7.41. The smallest absolute Gasteiger partial charge is 0.269 e. The fourth-order valence-corrected chi connectivity index (χ4v) is 2.22. The molecule has 0 radical (unpaired) electrons. The minimum absolute atomic E-state index is 0.0407. The molecule has 0 atom stereocenters. The van der Waals surface area contributed by atoms with Gasteiger partial charge in [0.1, 0.15) is 0 Å². The number of rotatable bonds is 2. The van der Waals surface area contributed by atoms with Crippen LogP contribution in [0.4, 0.5) is 0 Å². The summed E-state index contributed by atoms with van der Waals surface area (Å²) in [6.07, 6.45) is 1.01. The van der Waals surface area contributed by atoms with Gasteiger partial charge in [-0.3, -0.25) is 4.79 Å². The number of carbonyl (C=O) groups excluding carboxylic acids is 1. The third-order valence-corrected chi connectivity index (χ3v) is 3.01. The zero-order valence-corrected chi connectivity index (χ0v) is 9.23. The lowest BCUT2D eigenvalue weighted by atomic mass is 10.2. The largest absolute Gasteiger partial charge is 0.364 e. The van der Waals surface area contributed by atoms with Gasteiger partial charge in [0, 0.05) is 5.39 Å². The molecular formula is C9H9N3O3S. The van der Waals surface area contributed by atoms with Gasteiger partial charge in [0.25, 0.3) is 15.9 Å². The molecule has 2 aromatic rings. The maximum Gasteiger partial charge on any atom is 0.269 e. The molecule has 16 heavy (non-hydrogen) atoms. The number of amides is 1. The number of aromatic nitrogens is 2. The Balaban J connectivity index is 2.93. The van der Waals surface area contributed by atoms with Gasteiger partial charge < -0.3 is 5.73 Å². The maximum absolute atomic E-state index is 11.4. The molecule has 0 saturated heterocycles. The van der Waals surface area contributed by atoms with Crippen LogP contribution in [0.5, 0.6) is 0 Å². The Morgan fingerprint density at radius 1 is 1.38 bits per heavy atom. The molecule has 0 aliphatic heterocycles. The zero-order chi connectivity index (χ0) is 11.9. The molecule has 2 rings (SSSR count). The van der Waals surface area contributed by atoms with Gasteiger partial charge in [0.15, 0.2) is 5.69 Å². The molecule has 1 heterocycles. The second-order valence-electron chi connectivity index (χ2n) is 3.34. The first kappa shape index (κ1) is 10.6. The van der Waals surface area contributed by atoms with E-state index in [2.05, 4.69) is 5.10 Å². The summed E-state index contributed by atoms with van der Waals surface area (Å²) in [7, 11) is -3.54. The Morgan fingerprint density at radius 3 is 2.56 bits per heavy atom. The van der Waals surface area contributed by atoms with Crippen LogP contribution >= 0.6 is 0 Å². The van der Waals surface area contributed by atoms with Gasteiger partial charge in [-0.15, -0.1) is 0 Å². The molecule has 1 aromatic heterocycles. The summed E-state index contributed by atoms with van der Waals surface area (Å²) >= 11 is 0. The number of benzene rings is 1. The molecule has 0 bridgehead atoms. The van der Waals surface area contributed by atoms with E-state index in [1.807, 2.05) is 0 Å². The molecule has 1 aromatic carbocycles. The van der Waals surface area contributed by atoms with Crippen molar-refractivity contribution >= 4 is 26.8 Å². The SMILES string of the molecule is CS(=O)(=O)n1nc(C(N)=O)c2ccccc21. The Hall–Kier alpha value is -1.89. The van der Waals surface area contributed by atoms with Gasteiger partial charge in [0.05, 0.1) is 11.8 Å². The second kappa shape index (κ2) is 3.31. The van der Waals surface area contributed by atoms with Crippen LogP contribution in [0.3, 0.4) is 0 Å². The van der Waals surface area contributed by atoms with E-state index in [1.54, 1.807) is 24.3 Å². The van der Waals surface area contributed by atoms with Crippen molar-refractivity contribution in [3.05, 3.63) is 30.0 Å². The number of hydrogen-bond acceptors (Lipinski definition) is 4. The van der Waals surface area contributed by atoms with E-state index < -0.39 is 15.9 Å². The third-order valence-electron chi connectivity index (χ3n) is 2.10. The van der Waals surface area contributed by atoms with Gasteiger partial charge in [0.2, 0.25) is 0 Å². The van der Waals surface area contributed by atoms with Crippen molar-refractivity contribution in [1.29, 1.82) is 0 Å². The zero-order valence-electron chi connectivity index (χ0n) is 8.41. The first-order valence-electron chi connectivity index (χ1n) is 4.39. The highest BCUT2D eigenvalue weighted by Crippen LogP contribution is 2.18. The summed E-state index contributed by atoms with van der Waals surface area (Å²) in [5, 5.41) is 4.15. The van der Waals surface area contributed by atoms with Crippen molar-refractivity contribution in [2.75, 3.05) is 6.26 Å². The van der Waals surface area contributed by atoms with E-state index in [1.165, 1.54) is 0 Å². The summed E-state index contributed by atoms with van der Waals surface area (Å²) in [5.41, 5.74) is 5.43. The molecule has 84 valence electrons. The second-order valence-corrected chi connectivity index (χ2v) is 5.15. The van der Waals surface area contributed by atoms with E-state index in [0.717, 1.165) is 10.3 Å². The van der Waals surface area contributed by atoms with E-state index in [0.29, 0.717) is 10.9 Å². The Kier molecular flexibility index (Phi) is 2.20. The molecule has 7 heteroatoms. The molecule has 0 aliphatic rings. The number of para-hydroxylation sites is 1. The van der Waals surface area contributed by atoms with Crippen LogP contribution in [0.2, 0.25) is 0 Å². The minimum Gasteiger partial charge on any atom is -0.364 e. The van der Waals surface area contributed by atoms with Gasteiger partial charge in [-0.1, -0.05) is 18.2 Å². The summed E-state index contributed by atoms with van der Waals surface area (Å²) in [5.74, 6) is -0.751. The topological polar surface area (TPSA) is 95.1 Å². The van der Waals surface area contributed by atoms with E-state index >= 15 is 0 Å². The minimum atomic E-state index is -3.54. The Labute approximate surface area is 91.7 Å². The number of hydrogen-bond donors (Lipinski definition) is 1. The van der Waals surface area contributed by atoms with Gasteiger partial charge in [-0.25, -0.2) is 8.42 Å². The highest BCUT2D eigenvalue weighted by Gasteiger charge is 2.18. The molecule has 2 N–H and O–H groups in total. The number of primary amides is 1. The fourth-order valence-electron chi connectivity index (χ4n) is 1.47. The molecule has 0 fully saturated rings. The first-order valence-corrected chi connectivity index (χ1v) is 6.24. The highest BCUT2D eigenvalue weighted by atomic mass is 32.2. The van der Waals surface area contributed by atoms with Crippen LogP contribution < -0.4 is 5.73 Å². The van der Waals surface area contributed by atoms with E-state index in [9.17, 15) is 13.2 Å². The van der Waals surface area contributed by atoms with Crippen molar-refractivity contribution in [2.24, 2.45) is 5.73 Å². The molecule has 0 saturated carbocycles. The molecule has 0 spiro atoms. The Morgan fingerprint density at radius 2 is 2.00 bits per heavy atom. The highest BCUT2D eigenvalue weighted by molar-refractivity contribution is 7.89. The fraction of sp³-hybridized carbons (Fsp3) is 0.111. The van der Waals surface area contributed by atoms with E-state index in [-0.39, 0.29) is 5.69 Å². The molecule has 6 nitrogen and oxygen atoms in total. The van der Waals surface area contributed by atoms with Crippen LogP contribution in [-0.2, 0) is 10.0 Å². The lowest BCUT2D eigenvalue weighted by molar-refractivity contribution is 0.0997. The number of nitrogens with zero attached hydrogens (tertiary/aromatic N) is 2. The van der Waals surface area contributed by atoms with Gasteiger partial charge in [-0.2, -0.15) is 9.19 Å². The summed E-state index contributed by atoms with van der Waals surface area (Å²) in [4.78, 5) is 11.1. The molecular weight excluding hydrogens is 230 g/mol. The summed E-state index contributed by atoms with van der Waals surface area (Å²) < 4.78 is 23.7. The summed E-state index contributed by atoms with van der Waals surface area (Å²) in [6, 6.07) is 6.51. The van der Waals surface area contributed by atoms with Crippen molar-refractivity contribution in [3.63, 3.8) is 0 Å². The monoisotopic (exact) mass is 239 g/mol. The quantitative estimate of drug-likeness (QED) is 0.794. The van der Waals surface area contributed by atoms with Crippen LogP contribution in [-0.4, -0.2) is 29.8 Å². The molecule has 0 aliphatic carbocycles. The molecule has 0 unspecified atom stereocenters. The number of nitrogens with two attached hydrogens (primary N) is 1. The van der Waals surface area contributed by atoms with E-state index in [4.69, 9.17) is 5.73 Å². The third kappa shape index (κ3) is 1.54. The average Bonchev–Trinajstić information content (AvgIpc) is 2.56. The van der Waals surface area contributed by atoms with Crippen LogP contribution in [0, 0.1) is 0 Å². The maximum atomic E-state index is 11.4. The standard InChI is InChI=1S/C9H9N3O3S/c1-16(14,15)12-7-5-3-2-4-6(7)8(11-12)9(10)13/h2-5H,1H3,(H2,10,13). The normalized spacial score (nSPS) is 11.8. The lowest BCUT2D eigenvalue weighted by Gasteiger charge is -1.97. The molecule has 1 amide bonds. The number of fused-ring (bicyclic) bond motifs is 1. The Bertz CT molecular complexity index is 672. The lowest BCUT2D eigenvalue weighted by Crippen LogP contribution is -2.15. The average molecular weight is 239 g/mol. The van der Waals surface area contributed by atoms with Crippen LogP contribution in [0.25, 0.3) is 10.9 Å². The predicted octanol–water partition coefficient (Wildman–Crippen LogP) is -0.0571. The van der Waals surface area contributed by atoms with Crippen LogP contribution in [0.15, 0.2) is 24.3 Å². The van der Waals surface area contributed by atoms with Gasteiger partial charge >= 0.3 is 0 Å². The van der Waals surface area contributed by atoms with Crippen molar-refractivity contribution in [1.82, 2.24) is 9.19 Å². The number of carbonyl (C=O) groups is 1. The predicted molar refractivity (Wildman–Crippen MR) is 58.5 cm³/mol. The van der Waals surface area contributed by atoms with Crippen molar-refractivity contribution in [3.8, 4) is 0 Å².